The Morgan fingerprint density at radius 2 is 1.67 bits per heavy atom. The fourth-order valence-electron chi connectivity index (χ4n) is 2.90. The molecule has 0 spiro atoms. The number of halogens is 1. The molecule has 0 unspecified atom stereocenters. The number of hydrogen-bond donors (Lipinski definition) is 2. The lowest BCUT2D eigenvalue weighted by atomic mass is 10.1. The minimum absolute atomic E-state index is 0.156. The predicted octanol–water partition coefficient (Wildman–Crippen LogP) is 4.30. The molecule has 0 atom stereocenters. The maximum Gasteiger partial charge on any atom is 0.261 e. The Bertz CT molecular complexity index is 1110. The van der Waals surface area contributed by atoms with E-state index in [9.17, 15) is 17.6 Å². The zero-order valence-electron chi connectivity index (χ0n) is 16.6. The molecule has 2 N–H and O–H groups in total. The first-order chi connectivity index (χ1) is 14.3. The van der Waals surface area contributed by atoms with Crippen LogP contribution in [0, 0.1) is 12.7 Å². The van der Waals surface area contributed by atoms with Gasteiger partial charge in [0.15, 0.2) is 0 Å². The largest absolute Gasteiger partial charge is 0.352 e. The lowest BCUT2D eigenvalue weighted by molar-refractivity contribution is 0.0953. The molecule has 0 aliphatic rings. The molecule has 156 valence electrons. The Morgan fingerprint density at radius 3 is 2.37 bits per heavy atom. The van der Waals surface area contributed by atoms with Crippen LogP contribution in [0.2, 0.25) is 0 Å². The third kappa shape index (κ3) is 5.90. The van der Waals surface area contributed by atoms with Gasteiger partial charge < -0.3 is 5.32 Å². The van der Waals surface area contributed by atoms with Crippen LogP contribution in [0.1, 0.15) is 27.9 Å². The minimum atomic E-state index is -3.74. The SMILES string of the molecule is Cc1ccc(S(=O)(=O)Nc2cccc(C(=O)NCCCc3ccc(F)cc3)c2)cc1. The van der Waals surface area contributed by atoms with E-state index in [0.717, 1.165) is 17.5 Å². The fourth-order valence-corrected chi connectivity index (χ4v) is 3.95. The van der Waals surface area contributed by atoms with Gasteiger partial charge in [-0.2, -0.15) is 0 Å². The number of aryl methyl sites for hydroxylation is 2. The minimum Gasteiger partial charge on any atom is -0.352 e. The van der Waals surface area contributed by atoms with E-state index in [2.05, 4.69) is 10.0 Å². The van der Waals surface area contributed by atoms with Gasteiger partial charge in [-0.3, -0.25) is 9.52 Å². The highest BCUT2D eigenvalue weighted by molar-refractivity contribution is 7.92. The predicted molar refractivity (Wildman–Crippen MR) is 115 cm³/mol. The number of anilines is 1. The summed E-state index contributed by atoms with van der Waals surface area (Å²) in [4.78, 5) is 12.5. The zero-order chi connectivity index (χ0) is 21.6. The molecule has 0 bridgehead atoms. The standard InChI is InChI=1S/C23H23FN2O3S/c1-17-7-13-22(14-8-17)30(28,29)26-21-6-2-5-19(16-21)23(27)25-15-3-4-18-9-11-20(24)12-10-18/h2,5-14,16,26H,3-4,15H2,1H3,(H,25,27). The van der Waals surface area contributed by atoms with Gasteiger partial charge in [0.1, 0.15) is 5.82 Å². The maximum atomic E-state index is 12.9. The third-order valence-corrected chi connectivity index (χ3v) is 5.95. The van der Waals surface area contributed by atoms with Crippen LogP contribution in [-0.4, -0.2) is 20.9 Å². The molecule has 30 heavy (non-hydrogen) atoms. The van der Waals surface area contributed by atoms with Crippen LogP contribution in [0.3, 0.4) is 0 Å². The highest BCUT2D eigenvalue weighted by Crippen LogP contribution is 2.18. The molecular weight excluding hydrogens is 403 g/mol. The van der Waals surface area contributed by atoms with E-state index in [0.29, 0.717) is 24.2 Å². The van der Waals surface area contributed by atoms with Gasteiger partial charge in [0.05, 0.1) is 4.90 Å². The van der Waals surface area contributed by atoms with Crippen molar-refractivity contribution in [3.8, 4) is 0 Å². The zero-order valence-corrected chi connectivity index (χ0v) is 17.4. The Labute approximate surface area is 176 Å². The fraction of sp³-hybridized carbons (Fsp3) is 0.174. The van der Waals surface area contributed by atoms with Crippen molar-refractivity contribution < 1.29 is 17.6 Å². The number of carbonyl (C=O) groups is 1. The normalized spacial score (nSPS) is 11.1. The Kier molecular flexibility index (Phi) is 6.84. The van der Waals surface area contributed by atoms with Gasteiger partial charge in [-0.15, -0.1) is 0 Å². The van der Waals surface area contributed by atoms with Crippen molar-refractivity contribution in [3.63, 3.8) is 0 Å². The van der Waals surface area contributed by atoms with E-state index in [4.69, 9.17) is 0 Å². The molecule has 0 fully saturated rings. The monoisotopic (exact) mass is 426 g/mol. The van der Waals surface area contributed by atoms with Gasteiger partial charge in [-0.25, -0.2) is 12.8 Å². The number of hydrogen-bond acceptors (Lipinski definition) is 3. The maximum absolute atomic E-state index is 12.9. The average Bonchev–Trinajstić information content (AvgIpc) is 2.72. The van der Waals surface area contributed by atoms with Crippen LogP contribution in [0.4, 0.5) is 10.1 Å². The van der Waals surface area contributed by atoms with Crippen LogP contribution in [0.15, 0.2) is 77.7 Å². The van der Waals surface area contributed by atoms with Crippen LogP contribution >= 0.6 is 0 Å². The van der Waals surface area contributed by atoms with E-state index in [1.54, 1.807) is 42.5 Å². The second-order valence-corrected chi connectivity index (χ2v) is 8.67. The molecule has 0 aromatic heterocycles. The summed E-state index contributed by atoms with van der Waals surface area (Å²) in [6.07, 6.45) is 1.42. The summed E-state index contributed by atoms with van der Waals surface area (Å²) < 4.78 is 40.5. The summed E-state index contributed by atoms with van der Waals surface area (Å²) >= 11 is 0. The highest BCUT2D eigenvalue weighted by atomic mass is 32.2. The van der Waals surface area contributed by atoms with Crippen molar-refractivity contribution >= 4 is 21.6 Å². The Hall–Kier alpha value is -3.19. The molecule has 3 aromatic carbocycles. The van der Waals surface area contributed by atoms with Crippen LogP contribution < -0.4 is 10.0 Å². The molecule has 0 radical (unpaired) electrons. The highest BCUT2D eigenvalue weighted by Gasteiger charge is 2.15. The molecule has 0 aliphatic carbocycles. The molecule has 1 amide bonds. The van der Waals surface area contributed by atoms with E-state index < -0.39 is 10.0 Å². The van der Waals surface area contributed by atoms with Crippen LogP contribution in [0.25, 0.3) is 0 Å². The van der Waals surface area contributed by atoms with Crippen molar-refractivity contribution in [1.29, 1.82) is 0 Å². The van der Waals surface area contributed by atoms with E-state index in [-0.39, 0.29) is 16.6 Å². The number of amides is 1. The molecule has 3 aromatic rings. The lowest BCUT2D eigenvalue weighted by Gasteiger charge is -2.10. The third-order valence-electron chi connectivity index (χ3n) is 4.55. The van der Waals surface area contributed by atoms with Crippen molar-refractivity contribution in [2.45, 2.75) is 24.7 Å². The molecule has 0 saturated heterocycles. The second-order valence-electron chi connectivity index (χ2n) is 6.99. The lowest BCUT2D eigenvalue weighted by Crippen LogP contribution is -2.25. The van der Waals surface area contributed by atoms with E-state index in [1.807, 2.05) is 6.92 Å². The van der Waals surface area contributed by atoms with Crippen molar-refractivity contribution in [2.24, 2.45) is 0 Å². The van der Waals surface area contributed by atoms with Gasteiger partial charge in [0, 0.05) is 17.8 Å². The van der Waals surface area contributed by atoms with Gasteiger partial charge in [-0.1, -0.05) is 35.9 Å². The molecule has 5 nitrogen and oxygen atoms in total. The first-order valence-corrected chi connectivity index (χ1v) is 11.0. The number of benzene rings is 3. The summed E-state index contributed by atoms with van der Waals surface area (Å²) in [5.41, 5.74) is 2.64. The van der Waals surface area contributed by atoms with Gasteiger partial charge in [0.2, 0.25) is 0 Å². The number of carbonyl (C=O) groups excluding carboxylic acids is 1. The number of nitrogens with one attached hydrogen (secondary N) is 2. The first kappa shape index (κ1) is 21.5. The molecule has 3 rings (SSSR count). The summed E-state index contributed by atoms with van der Waals surface area (Å²) in [5, 5.41) is 2.82. The summed E-state index contributed by atoms with van der Waals surface area (Å²) in [6, 6.07) is 19.1. The molecule has 7 heteroatoms. The quantitative estimate of drug-likeness (QED) is 0.528. The topological polar surface area (TPSA) is 75.3 Å². The van der Waals surface area contributed by atoms with Gasteiger partial charge >= 0.3 is 0 Å². The van der Waals surface area contributed by atoms with E-state index in [1.165, 1.54) is 30.3 Å². The molecular formula is C23H23FN2O3S. The van der Waals surface area contributed by atoms with E-state index >= 15 is 0 Å². The summed E-state index contributed by atoms with van der Waals surface area (Å²) in [6.45, 7) is 2.33. The summed E-state index contributed by atoms with van der Waals surface area (Å²) in [5.74, 6) is -0.560. The van der Waals surface area contributed by atoms with Crippen molar-refractivity contribution in [3.05, 3.63) is 95.3 Å². The number of sulfonamides is 1. The second kappa shape index (κ2) is 9.54. The van der Waals surface area contributed by atoms with Crippen molar-refractivity contribution in [1.82, 2.24) is 5.32 Å². The van der Waals surface area contributed by atoms with Crippen LogP contribution in [-0.2, 0) is 16.4 Å². The van der Waals surface area contributed by atoms with Gasteiger partial charge in [0.25, 0.3) is 15.9 Å². The number of rotatable bonds is 8. The first-order valence-electron chi connectivity index (χ1n) is 9.56. The molecule has 0 heterocycles. The molecule has 0 aliphatic heterocycles. The summed E-state index contributed by atoms with van der Waals surface area (Å²) in [7, 11) is -3.74. The average molecular weight is 427 g/mol. The van der Waals surface area contributed by atoms with Crippen LogP contribution in [0.5, 0.6) is 0 Å². The molecule has 0 saturated carbocycles. The van der Waals surface area contributed by atoms with Crippen molar-refractivity contribution in [2.75, 3.05) is 11.3 Å². The smallest absolute Gasteiger partial charge is 0.261 e. The van der Waals surface area contributed by atoms with Gasteiger partial charge in [-0.05, 0) is 67.8 Å². The Balaban J connectivity index is 1.56. The Morgan fingerprint density at radius 1 is 0.967 bits per heavy atom.